The first-order valence-corrected chi connectivity index (χ1v) is 18.2. The second kappa shape index (κ2) is 7.51. The summed E-state index contributed by atoms with van der Waals surface area (Å²) in [5.74, 6) is -0.0567. The first kappa shape index (κ1) is 18.0. The van der Waals surface area contributed by atoms with Crippen molar-refractivity contribution in [3.63, 3.8) is 0 Å². The van der Waals surface area contributed by atoms with Gasteiger partial charge in [0.1, 0.15) is 0 Å². The molecule has 0 unspecified atom stereocenters. The minimum absolute atomic E-state index is 0.0567. The Hall–Kier alpha value is -1.30. The quantitative estimate of drug-likeness (QED) is 0.731. The SMILES string of the molecule is CCCNC(=O)c1cncn1[C@H](C)c1cc[c]([Sn]([CH3])([CH3])[CH3])cc1. The standard InChI is InChI=1S/C15H18N3O.3CH3.Sn/c1-3-9-17-15(19)14-10-16-11-18(14)12(2)13-7-5-4-6-8-13;;;;/h5-8,10-12H,3,9H2,1-2H3,(H,17,19);3*1H3;/t12-;;;;/m1..../s1. The molecule has 23 heavy (non-hydrogen) atoms. The third-order valence-corrected chi connectivity index (χ3v) is 10.0. The summed E-state index contributed by atoms with van der Waals surface area (Å²) in [7, 11) is 0. The van der Waals surface area contributed by atoms with Gasteiger partial charge in [-0.15, -0.1) is 0 Å². The van der Waals surface area contributed by atoms with E-state index in [4.69, 9.17) is 0 Å². The summed E-state index contributed by atoms with van der Waals surface area (Å²) in [6, 6.07) is 8.99. The fraction of sp³-hybridized carbons (Fsp3) is 0.444. The van der Waals surface area contributed by atoms with Crippen molar-refractivity contribution in [2.45, 2.75) is 41.1 Å². The van der Waals surface area contributed by atoms with Crippen LogP contribution in [-0.2, 0) is 0 Å². The van der Waals surface area contributed by atoms with Crippen LogP contribution in [0.5, 0.6) is 0 Å². The van der Waals surface area contributed by atoms with E-state index in [1.54, 1.807) is 12.5 Å². The number of imidazole rings is 1. The molecule has 5 heteroatoms. The van der Waals surface area contributed by atoms with Gasteiger partial charge in [-0.25, -0.2) is 0 Å². The normalized spacial score (nSPS) is 12.9. The van der Waals surface area contributed by atoms with Crippen LogP contribution in [0.15, 0.2) is 36.8 Å². The number of nitrogens with one attached hydrogen (secondary N) is 1. The van der Waals surface area contributed by atoms with E-state index < -0.39 is 18.4 Å². The van der Waals surface area contributed by atoms with Gasteiger partial charge >= 0.3 is 143 Å². The predicted octanol–water partition coefficient (Wildman–Crippen LogP) is 3.18. The first-order valence-electron chi connectivity index (χ1n) is 8.25. The van der Waals surface area contributed by atoms with Crippen LogP contribution in [0.25, 0.3) is 0 Å². The van der Waals surface area contributed by atoms with Gasteiger partial charge in [-0.3, -0.25) is 0 Å². The van der Waals surface area contributed by atoms with E-state index >= 15 is 0 Å². The number of carbonyl (C=O) groups excluding carboxylic acids is 1. The number of carbonyl (C=O) groups is 1. The monoisotopic (exact) mass is 421 g/mol. The molecular formula is C18H27N3OSn. The molecule has 0 fully saturated rings. The Kier molecular flexibility index (Phi) is 5.89. The van der Waals surface area contributed by atoms with Gasteiger partial charge in [0.25, 0.3) is 0 Å². The topological polar surface area (TPSA) is 46.9 Å². The van der Waals surface area contributed by atoms with E-state index in [1.165, 1.54) is 9.14 Å². The average molecular weight is 420 g/mol. The summed E-state index contributed by atoms with van der Waals surface area (Å²) in [6.07, 6.45) is 4.31. The Morgan fingerprint density at radius 1 is 1.26 bits per heavy atom. The Morgan fingerprint density at radius 2 is 1.91 bits per heavy atom. The number of benzene rings is 1. The molecule has 1 N–H and O–H groups in total. The maximum absolute atomic E-state index is 12.2. The minimum atomic E-state index is -2.01. The number of aromatic nitrogens is 2. The number of hydrogen-bond acceptors (Lipinski definition) is 2. The van der Waals surface area contributed by atoms with Gasteiger partial charge in [-0.1, -0.05) is 0 Å². The van der Waals surface area contributed by atoms with Crippen LogP contribution in [-0.4, -0.2) is 40.4 Å². The van der Waals surface area contributed by atoms with Gasteiger partial charge in [-0.05, 0) is 0 Å². The summed E-state index contributed by atoms with van der Waals surface area (Å²) < 4.78 is 3.46. The number of hydrogen-bond donors (Lipinski definition) is 1. The number of rotatable bonds is 6. The van der Waals surface area contributed by atoms with E-state index in [-0.39, 0.29) is 11.9 Å². The van der Waals surface area contributed by atoms with E-state index in [9.17, 15) is 4.79 Å². The summed E-state index contributed by atoms with van der Waals surface area (Å²) in [5, 5.41) is 2.92. The van der Waals surface area contributed by atoms with Crippen molar-refractivity contribution in [2.75, 3.05) is 6.54 Å². The zero-order chi connectivity index (χ0) is 17.0. The molecule has 0 saturated heterocycles. The summed E-state index contributed by atoms with van der Waals surface area (Å²) >= 11 is -2.01. The van der Waals surface area contributed by atoms with Crippen LogP contribution >= 0.6 is 0 Å². The third kappa shape index (κ3) is 4.37. The molecule has 1 aromatic carbocycles. The molecule has 1 amide bonds. The summed E-state index contributed by atoms with van der Waals surface area (Å²) in [6.45, 7) is 4.83. The molecule has 2 rings (SSSR count). The van der Waals surface area contributed by atoms with Crippen LogP contribution < -0.4 is 8.90 Å². The molecule has 1 heterocycles. The van der Waals surface area contributed by atoms with Gasteiger partial charge in [0.05, 0.1) is 0 Å². The van der Waals surface area contributed by atoms with E-state index in [1.807, 2.05) is 11.5 Å². The first-order chi connectivity index (χ1) is 10.8. The fourth-order valence-corrected chi connectivity index (χ4v) is 5.87. The fourth-order valence-electron chi connectivity index (χ4n) is 2.54. The van der Waals surface area contributed by atoms with Crippen LogP contribution in [0.3, 0.4) is 0 Å². The van der Waals surface area contributed by atoms with Crippen molar-refractivity contribution in [1.82, 2.24) is 14.9 Å². The molecule has 124 valence electrons. The molecule has 0 aliphatic rings. The zero-order valence-electron chi connectivity index (χ0n) is 14.8. The molecule has 4 nitrogen and oxygen atoms in total. The van der Waals surface area contributed by atoms with Gasteiger partial charge < -0.3 is 0 Å². The van der Waals surface area contributed by atoms with E-state index in [2.05, 4.69) is 56.3 Å². The van der Waals surface area contributed by atoms with Crippen molar-refractivity contribution >= 4 is 27.9 Å². The van der Waals surface area contributed by atoms with Crippen molar-refractivity contribution in [1.29, 1.82) is 0 Å². The maximum atomic E-state index is 12.2. The van der Waals surface area contributed by atoms with Gasteiger partial charge in [0.15, 0.2) is 0 Å². The third-order valence-electron chi connectivity index (χ3n) is 4.11. The second-order valence-electron chi connectivity index (χ2n) is 6.99. The number of nitrogens with zero attached hydrogens (tertiary/aromatic N) is 2. The molecule has 1 atom stereocenters. The Balaban J connectivity index is 2.23. The summed E-state index contributed by atoms with van der Waals surface area (Å²) in [5.41, 5.74) is 1.82. The van der Waals surface area contributed by atoms with Gasteiger partial charge in [0.2, 0.25) is 0 Å². The van der Waals surface area contributed by atoms with Crippen molar-refractivity contribution in [2.24, 2.45) is 0 Å². The molecule has 2 aromatic rings. The molecule has 0 radical (unpaired) electrons. The number of amides is 1. The molecule has 1 aromatic heterocycles. The van der Waals surface area contributed by atoms with E-state index in [0.717, 1.165) is 6.42 Å². The van der Waals surface area contributed by atoms with Crippen LogP contribution in [0, 0.1) is 0 Å². The Bertz CT molecular complexity index is 656. The predicted molar refractivity (Wildman–Crippen MR) is 98.1 cm³/mol. The molecule has 0 saturated carbocycles. The van der Waals surface area contributed by atoms with Crippen LogP contribution in [0.1, 0.15) is 42.4 Å². The van der Waals surface area contributed by atoms with Crippen molar-refractivity contribution in [3.8, 4) is 0 Å². The molecule has 0 bridgehead atoms. The van der Waals surface area contributed by atoms with Crippen molar-refractivity contribution in [3.05, 3.63) is 48.0 Å². The van der Waals surface area contributed by atoms with Gasteiger partial charge in [-0.2, -0.15) is 0 Å². The van der Waals surface area contributed by atoms with Crippen LogP contribution in [0.4, 0.5) is 0 Å². The zero-order valence-corrected chi connectivity index (χ0v) is 17.6. The Morgan fingerprint density at radius 3 is 2.48 bits per heavy atom. The molecule has 0 aliphatic heterocycles. The van der Waals surface area contributed by atoms with E-state index in [0.29, 0.717) is 12.2 Å². The van der Waals surface area contributed by atoms with Crippen molar-refractivity contribution < 1.29 is 4.79 Å². The van der Waals surface area contributed by atoms with Gasteiger partial charge in [0, 0.05) is 0 Å². The Labute approximate surface area is 143 Å². The molecular weight excluding hydrogens is 393 g/mol. The van der Waals surface area contributed by atoms with Crippen LogP contribution in [0.2, 0.25) is 14.8 Å². The summed E-state index contributed by atoms with van der Waals surface area (Å²) in [4.78, 5) is 23.7. The molecule has 0 aliphatic carbocycles. The molecule has 0 spiro atoms. The second-order valence-corrected chi connectivity index (χ2v) is 21.5. The average Bonchev–Trinajstić information content (AvgIpc) is 3.00.